The number of nitrogens with two attached hydrogens (primary N) is 2. The van der Waals surface area contributed by atoms with E-state index in [1.165, 1.54) is 10.5 Å². The van der Waals surface area contributed by atoms with Gasteiger partial charge in [0.25, 0.3) is 0 Å². The molecule has 1 aromatic carbocycles. The second-order valence-electron chi connectivity index (χ2n) is 5.91. The van der Waals surface area contributed by atoms with E-state index in [4.69, 9.17) is 11.5 Å². The van der Waals surface area contributed by atoms with Gasteiger partial charge in [-0.15, -0.1) is 11.8 Å². The first-order valence-electron chi connectivity index (χ1n) is 6.56. The topological polar surface area (TPSA) is 52.0 Å². The van der Waals surface area contributed by atoms with Crippen LogP contribution in [0.1, 0.15) is 45.7 Å². The molecule has 0 aromatic heterocycles. The van der Waals surface area contributed by atoms with E-state index in [0.29, 0.717) is 11.8 Å². The zero-order valence-electron chi connectivity index (χ0n) is 11.9. The second-order valence-corrected chi connectivity index (χ2v) is 7.56. The van der Waals surface area contributed by atoms with E-state index in [2.05, 4.69) is 52.0 Å². The van der Waals surface area contributed by atoms with Gasteiger partial charge in [-0.25, -0.2) is 0 Å². The molecule has 0 radical (unpaired) electrons. The summed E-state index contributed by atoms with van der Waals surface area (Å²) >= 11 is 1.88. The van der Waals surface area contributed by atoms with Crippen LogP contribution in [0.5, 0.6) is 0 Å². The first-order chi connectivity index (χ1) is 8.34. The Labute approximate surface area is 116 Å². The molecular formula is C15H26N2S. The van der Waals surface area contributed by atoms with E-state index in [0.717, 1.165) is 6.42 Å². The minimum atomic E-state index is 0.0710. The van der Waals surface area contributed by atoms with Gasteiger partial charge < -0.3 is 11.5 Å². The molecule has 0 heterocycles. The number of benzene rings is 1. The second kappa shape index (κ2) is 6.60. The molecule has 102 valence electrons. The highest BCUT2D eigenvalue weighted by molar-refractivity contribution is 7.99. The first-order valence-corrected chi connectivity index (χ1v) is 7.44. The molecule has 1 atom stereocenters. The van der Waals surface area contributed by atoms with Crippen molar-refractivity contribution in [3.8, 4) is 0 Å². The molecule has 4 N–H and O–H groups in total. The zero-order valence-corrected chi connectivity index (χ0v) is 12.8. The smallest absolute Gasteiger partial charge is 0.0300 e. The third kappa shape index (κ3) is 5.01. The Morgan fingerprint density at radius 1 is 1.17 bits per heavy atom. The lowest BCUT2D eigenvalue weighted by Crippen LogP contribution is -2.28. The molecule has 1 aromatic rings. The van der Waals surface area contributed by atoms with Crippen LogP contribution < -0.4 is 11.5 Å². The van der Waals surface area contributed by atoms with E-state index >= 15 is 0 Å². The highest BCUT2D eigenvalue weighted by Gasteiger charge is 2.20. The highest BCUT2D eigenvalue weighted by atomic mass is 32.2. The van der Waals surface area contributed by atoms with Crippen LogP contribution >= 0.6 is 11.8 Å². The molecule has 0 aliphatic heterocycles. The molecule has 1 rings (SSSR count). The summed E-state index contributed by atoms with van der Waals surface area (Å²) in [7, 11) is 0. The molecule has 2 nitrogen and oxygen atoms in total. The summed E-state index contributed by atoms with van der Waals surface area (Å²) in [5, 5.41) is 0.612. The number of thioether (sulfide) groups is 1. The van der Waals surface area contributed by atoms with Crippen LogP contribution in [-0.2, 0) is 0 Å². The normalized spacial score (nSPS) is 13.9. The van der Waals surface area contributed by atoms with Gasteiger partial charge in [0, 0.05) is 16.2 Å². The van der Waals surface area contributed by atoms with Gasteiger partial charge >= 0.3 is 0 Å². The van der Waals surface area contributed by atoms with Crippen LogP contribution in [0.25, 0.3) is 0 Å². The summed E-state index contributed by atoms with van der Waals surface area (Å²) in [6, 6.07) is 8.68. The fraction of sp³-hybridized carbons (Fsp3) is 0.600. The van der Waals surface area contributed by atoms with Gasteiger partial charge in [0.2, 0.25) is 0 Å². The maximum Gasteiger partial charge on any atom is 0.0300 e. The summed E-state index contributed by atoms with van der Waals surface area (Å²) < 4.78 is 0. The van der Waals surface area contributed by atoms with Gasteiger partial charge in [0.05, 0.1) is 0 Å². The van der Waals surface area contributed by atoms with Crippen molar-refractivity contribution in [2.45, 2.75) is 50.3 Å². The average molecular weight is 266 g/mol. The Bertz CT molecular complexity index is 357. The first kappa shape index (κ1) is 15.5. The summed E-state index contributed by atoms with van der Waals surface area (Å²) in [5.74, 6) is 0. The van der Waals surface area contributed by atoms with Crippen molar-refractivity contribution in [2.24, 2.45) is 16.9 Å². The lowest BCUT2D eigenvalue weighted by molar-refractivity contribution is 0.317. The molecule has 0 amide bonds. The molecule has 0 saturated carbocycles. The Balaban J connectivity index is 2.67. The molecule has 0 aliphatic rings. The monoisotopic (exact) mass is 266 g/mol. The lowest BCUT2D eigenvalue weighted by Gasteiger charge is -2.26. The van der Waals surface area contributed by atoms with E-state index in [1.807, 2.05) is 11.8 Å². The van der Waals surface area contributed by atoms with Crippen molar-refractivity contribution in [1.82, 2.24) is 0 Å². The maximum atomic E-state index is 6.25. The minimum Gasteiger partial charge on any atom is -0.330 e. The van der Waals surface area contributed by atoms with E-state index in [9.17, 15) is 0 Å². The van der Waals surface area contributed by atoms with Gasteiger partial charge in [-0.05, 0) is 36.1 Å². The van der Waals surface area contributed by atoms with Crippen LogP contribution in [-0.4, -0.2) is 11.8 Å². The van der Waals surface area contributed by atoms with Crippen LogP contribution in [0.2, 0.25) is 0 Å². The van der Waals surface area contributed by atoms with Gasteiger partial charge in [-0.3, -0.25) is 0 Å². The molecule has 0 spiro atoms. The standard InChI is InChI=1S/C15H26N2S/c1-11(2)18-13-7-5-12(6-8-13)14(17)9-15(3,4)10-16/h5-8,11,14H,9-10,16-17H2,1-4H3. The largest absolute Gasteiger partial charge is 0.330 e. The number of hydrogen-bond acceptors (Lipinski definition) is 3. The average Bonchev–Trinajstić information content (AvgIpc) is 2.28. The maximum absolute atomic E-state index is 6.25. The zero-order chi connectivity index (χ0) is 13.8. The summed E-state index contributed by atoms with van der Waals surface area (Å²) in [6.07, 6.45) is 0.917. The van der Waals surface area contributed by atoms with Crippen molar-refractivity contribution >= 4 is 11.8 Å². The number of hydrogen-bond donors (Lipinski definition) is 2. The Kier molecular flexibility index (Phi) is 5.70. The van der Waals surface area contributed by atoms with Crippen LogP contribution in [0, 0.1) is 5.41 Å². The molecular weight excluding hydrogens is 240 g/mol. The molecule has 0 saturated heterocycles. The molecule has 0 bridgehead atoms. The SMILES string of the molecule is CC(C)Sc1ccc(C(N)CC(C)(C)CN)cc1. The Morgan fingerprint density at radius 2 is 1.72 bits per heavy atom. The molecule has 0 fully saturated rings. The van der Waals surface area contributed by atoms with Gasteiger partial charge in [-0.2, -0.15) is 0 Å². The summed E-state index contributed by atoms with van der Waals surface area (Å²) in [5.41, 5.74) is 13.3. The molecule has 3 heteroatoms. The van der Waals surface area contributed by atoms with Crippen molar-refractivity contribution in [3.05, 3.63) is 29.8 Å². The Morgan fingerprint density at radius 3 is 2.17 bits per heavy atom. The molecule has 18 heavy (non-hydrogen) atoms. The van der Waals surface area contributed by atoms with E-state index in [-0.39, 0.29) is 11.5 Å². The van der Waals surface area contributed by atoms with Crippen LogP contribution in [0.3, 0.4) is 0 Å². The van der Waals surface area contributed by atoms with Crippen LogP contribution in [0.4, 0.5) is 0 Å². The van der Waals surface area contributed by atoms with Crippen molar-refractivity contribution < 1.29 is 0 Å². The number of rotatable bonds is 6. The van der Waals surface area contributed by atoms with Crippen molar-refractivity contribution in [1.29, 1.82) is 0 Å². The fourth-order valence-electron chi connectivity index (χ4n) is 1.86. The predicted octanol–water partition coefficient (Wildman–Crippen LogP) is 3.56. The molecule has 0 aliphatic carbocycles. The van der Waals surface area contributed by atoms with E-state index < -0.39 is 0 Å². The summed E-state index contributed by atoms with van der Waals surface area (Å²) in [4.78, 5) is 1.30. The minimum absolute atomic E-state index is 0.0710. The lowest BCUT2D eigenvalue weighted by atomic mass is 9.84. The van der Waals surface area contributed by atoms with Crippen molar-refractivity contribution in [2.75, 3.05) is 6.54 Å². The van der Waals surface area contributed by atoms with Gasteiger partial charge in [0.1, 0.15) is 0 Å². The summed E-state index contributed by atoms with van der Waals surface area (Å²) in [6.45, 7) is 9.40. The van der Waals surface area contributed by atoms with Gasteiger partial charge in [0.15, 0.2) is 0 Å². The third-order valence-corrected chi connectivity index (χ3v) is 4.02. The third-order valence-electron chi connectivity index (χ3n) is 3.01. The van der Waals surface area contributed by atoms with Crippen molar-refractivity contribution in [3.63, 3.8) is 0 Å². The Hall–Kier alpha value is -0.510. The highest BCUT2D eigenvalue weighted by Crippen LogP contribution is 2.29. The van der Waals surface area contributed by atoms with E-state index in [1.54, 1.807) is 0 Å². The quantitative estimate of drug-likeness (QED) is 0.774. The van der Waals surface area contributed by atoms with Crippen LogP contribution in [0.15, 0.2) is 29.2 Å². The molecule has 1 unspecified atom stereocenters. The predicted molar refractivity (Wildman–Crippen MR) is 81.8 cm³/mol. The van der Waals surface area contributed by atoms with Gasteiger partial charge in [-0.1, -0.05) is 39.8 Å². The fourth-order valence-corrected chi connectivity index (χ4v) is 2.70.